The Hall–Kier alpha value is -0.710. The molecular weight excluding hydrogens is 288 g/mol. The van der Waals surface area contributed by atoms with Gasteiger partial charge in [-0.1, -0.05) is 15.9 Å². The van der Waals surface area contributed by atoms with Gasteiger partial charge < -0.3 is 4.74 Å². The Labute approximate surface area is 109 Å². The number of esters is 1. The number of ketones is 2. The molecule has 1 rings (SSSR count). The third-order valence-corrected chi connectivity index (χ3v) is 4.36. The average Bonchev–Trinajstić information content (AvgIpc) is 2.67. The van der Waals surface area contributed by atoms with E-state index < -0.39 is 11.9 Å². The summed E-state index contributed by atoms with van der Waals surface area (Å²) >= 11 is 3.33. The fraction of sp³-hybridized carbons (Fsp3) is 0.750. The molecule has 0 aromatic heterocycles. The quantitative estimate of drug-likeness (QED) is 0.585. The fourth-order valence-electron chi connectivity index (χ4n) is 2.71. The number of alkyl halides is 1. The molecule has 17 heavy (non-hydrogen) atoms. The normalized spacial score (nSPS) is 32.2. The van der Waals surface area contributed by atoms with E-state index in [0.717, 1.165) is 0 Å². The third kappa shape index (κ3) is 2.76. The summed E-state index contributed by atoms with van der Waals surface area (Å²) in [4.78, 5) is 34.9. The number of hydrogen-bond donors (Lipinski definition) is 0. The van der Waals surface area contributed by atoms with Crippen molar-refractivity contribution in [1.82, 2.24) is 0 Å². The molecule has 96 valence electrons. The Bertz CT molecular complexity index is 339. The monoisotopic (exact) mass is 304 g/mol. The molecule has 0 saturated heterocycles. The van der Waals surface area contributed by atoms with Crippen molar-refractivity contribution in [1.29, 1.82) is 0 Å². The minimum Gasteiger partial charge on any atom is -0.469 e. The molecule has 5 heteroatoms. The lowest BCUT2D eigenvalue weighted by Gasteiger charge is -2.21. The number of carbonyl (C=O) groups excluding carboxylic acids is 3. The van der Waals surface area contributed by atoms with Gasteiger partial charge in [0, 0.05) is 17.2 Å². The molecule has 0 aromatic rings. The standard InChI is InChI=1S/C12H17BrO4/c1-6(14)8-4-9(7(2)15)11(10(8)5-13)12(16)17-3/h8-11H,4-5H2,1-3H3. The van der Waals surface area contributed by atoms with E-state index in [9.17, 15) is 14.4 Å². The topological polar surface area (TPSA) is 60.4 Å². The van der Waals surface area contributed by atoms with Gasteiger partial charge in [-0.05, 0) is 26.2 Å². The molecule has 4 nitrogen and oxygen atoms in total. The van der Waals surface area contributed by atoms with Crippen LogP contribution in [0.5, 0.6) is 0 Å². The van der Waals surface area contributed by atoms with Crippen molar-refractivity contribution in [2.75, 3.05) is 12.4 Å². The van der Waals surface area contributed by atoms with E-state index in [-0.39, 0.29) is 29.3 Å². The lowest BCUT2D eigenvalue weighted by atomic mass is 9.86. The van der Waals surface area contributed by atoms with Gasteiger partial charge in [-0.15, -0.1) is 0 Å². The van der Waals surface area contributed by atoms with Crippen molar-refractivity contribution in [3.8, 4) is 0 Å². The second kappa shape index (κ2) is 5.76. The average molecular weight is 305 g/mol. The Kier molecular flexibility index (Phi) is 4.86. The molecule has 1 aliphatic rings. The molecule has 0 radical (unpaired) electrons. The van der Waals surface area contributed by atoms with Crippen LogP contribution in [0.25, 0.3) is 0 Å². The van der Waals surface area contributed by atoms with Crippen LogP contribution in [0.1, 0.15) is 20.3 Å². The first kappa shape index (κ1) is 14.4. The second-order valence-electron chi connectivity index (χ2n) is 4.54. The number of carbonyl (C=O) groups is 3. The van der Waals surface area contributed by atoms with E-state index in [1.165, 1.54) is 21.0 Å². The van der Waals surface area contributed by atoms with Crippen molar-refractivity contribution < 1.29 is 19.1 Å². The van der Waals surface area contributed by atoms with Gasteiger partial charge in [0.1, 0.15) is 11.6 Å². The predicted molar refractivity (Wildman–Crippen MR) is 65.7 cm³/mol. The minimum absolute atomic E-state index is 0.0344. The highest BCUT2D eigenvalue weighted by atomic mass is 79.9. The van der Waals surface area contributed by atoms with Crippen LogP contribution in [0.3, 0.4) is 0 Å². The number of Topliss-reactive ketones (excluding diaryl/α,β-unsaturated/α-hetero) is 2. The fourth-order valence-corrected chi connectivity index (χ4v) is 3.56. The molecule has 0 aromatic carbocycles. The van der Waals surface area contributed by atoms with E-state index in [4.69, 9.17) is 4.74 Å². The van der Waals surface area contributed by atoms with E-state index >= 15 is 0 Å². The molecule has 0 spiro atoms. The lowest BCUT2D eigenvalue weighted by molar-refractivity contribution is -0.150. The zero-order valence-corrected chi connectivity index (χ0v) is 11.8. The Balaban J connectivity index is 3.05. The minimum atomic E-state index is -0.495. The Morgan fingerprint density at radius 3 is 2.06 bits per heavy atom. The third-order valence-electron chi connectivity index (χ3n) is 3.62. The number of rotatable bonds is 4. The Morgan fingerprint density at radius 2 is 1.71 bits per heavy atom. The first-order valence-corrected chi connectivity index (χ1v) is 6.70. The van der Waals surface area contributed by atoms with E-state index in [0.29, 0.717) is 11.8 Å². The summed E-state index contributed by atoms with van der Waals surface area (Å²) in [6.07, 6.45) is 0.459. The molecule has 0 heterocycles. The molecular formula is C12H17BrO4. The van der Waals surface area contributed by atoms with E-state index in [2.05, 4.69) is 15.9 Å². The number of ether oxygens (including phenoxy) is 1. The van der Waals surface area contributed by atoms with Gasteiger partial charge >= 0.3 is 5.97 Å². The van der Waals surface area contributed by atoms with Crippen LogP contribution in [-0.2, 0) is 19.1 Å². The molecule has 0 N–H and O–H groups in total. The highest BCUT2D eigenvalue weighted by molar-refractivity contribution is 9.09. The van der Waals surface area contributed by atoms with Crippen molar-refractivity contribution >= 4 is 33.5 Å². The zero-order chi connectivity index (χ0) is 13.2. The van der Waals surface area contributed by atoms with Gasteiger partial charge in [-0.3, -0.25) is 14.4 Å². The summed E-state index contributed by atoms with van der Waals surface area (Å²) in [6.45, 7) is 2.98. The van der Waals surface area contributed by atoms with Gasteiger partial charge in [-0.2, -0.15) is 0 Å². The summed E-state index contributed by atoms with van der Waals surface area (Å²) in [5, 5.41) is 0.529. The van der Waals surface area contributed by atoms with Gasteiger partial charge in [-0.25, -0.2) is 0 Å². The number of halogens is 1. The number of hydrogen-bond acceptors (Lipinski definition) is 4. The van der Waals surface area contributed by atoms with Crippen LogP contribution in [0, 0.1) is 23.7 Å². The van der Waals surface area contributed by atoms with Crippen molar-refractivity contribution in [2.24, 2.45) is 23.7 Å². The van der Waals surface area contributed by atoms with Crippen LogP contribution in [0.15, 0.2) is 0 Å². The van der Waals surface area contributed by atoms with Gasteiger partial charge in [0.25, 0.3) is 0 Å². The van der Waals surface area contributed by atoms with E-state index in [1.54, 1.807) is 0 Å². The van der Waals surface area contributed by atoms with Crippen molar-refractivity contribution in [3.05, 3.63) is 0 Å². The van der Waals surface area contributed by atoms with E-state index in [1.807, 2.05) is 0 Å². The highest BCUT2D eigenvalue weighted by Crippen LogP contribution is 2.44. The van der Waals surface area contributed by atoms with Crippen molar-refractivity contribution in [3.63, 3.8) is 0 Å². The van der Waals surface area contributed by atoms with Gasteiger partial charge in [0.2, 0.25) is 0 Å². The van der Waals surface area contributed by atoms with Crippen molar-refractivity contribution in [2.45, 2.75) is 20.3 Å². The lowest BCUT2D eigenvalue weighted by Crippen LogP contribution is -2.31. The Morgan fingerprint density at radius 1 is 1.18 bits per heavy atom. The smallest absolute Gasteiger partial charge is 0.309 e. The first-order chi connectivity index (χ1) is 7.93. The van der Waals surface area contributed by atoms with Crippen LogP contribution in [0.4, 0.5) is 0 Å². The summed E-state index contributed by atoms with van der Waals surface area (Å²) < 4.78 is 4.75. The first-order valence-electron chi connectivity index (χ1n) is 5.58. The second-order valence-corrected chi connectivity index (χ2v) is 5.18. The maximum Gasteiger partial charge on any atom is 0.309 e. The largest absolute Gasteiger partial charge is 0.469 e. The van der Waals surface area contributed by atoms with Gasteiger partial charge in [0.15, 0.2) is 0 Å². The molecule has 4 atom stereocenters. The summed E-state index contributed by atoms with van der Waals surface area (Å²) in [6, 6.07) is 0. The molecule has 4 unspecified atom stereocenters. The molecule has 0 aliphatic heterocycles. The summed E-state index contributed by atoms with van der Waals surface area (Å²) in [5.41, 5.74) is 0. The summed E-state index contributed by atoms with van der Waals surface area (Å²) in [5.74, 6) is -1.66. The molecule has 0 bridgehead atoms. The summed E-state index contributed by atoms with van der Waals surface area (Å²) in [7, 11) is 1.31. The highest BCUT2D eigenvalue weighted by Gasteiger charge is 2.50. The van der Waals surface area contributed by atoms with Crippen LogP contribution >= 0.6 is 15.9 Å². The SMILES string of the molecule is COC(=O)C1C(C(C)=O)CC(C(C)=O)C1CBr. The molecule has 1 fully saturated rings. The molecule has 1 aliphatic carbocycles. The van der Waals surface area contributed by atoms with Crippen LogP contribution in [-0.4, -0.2) is 30.0 Å². The maximum absolute atomic E-state index is 11.8. The number of methoxy groups -OCH3 is 1. The molecule has 1 saturated carbocycles. The maximum atomic E-state index is 11.8. The zero-order valence-electron chi connectivity index (χ0n) is 10.2. The van der Waals surface area contributed by atoms with Crippen LogP contribution < -0.4 is 0 Å². The predicted octanol–water partition coefficient (Wildman–Crippen LogP) is 1.60. The molecule has 0 amide bonds. The van der Waals surface area contributed by atoms with Crippen LogP contribution in [0.2, 0.25) is 0 Å². The van der Waals surface area contributed by atoms with Gasteiger partial charge in [0.05, 0.1) is 13.0 Å².